The van der Waals surface area contributed by atoms with Crippen LogP contribution in [0.25, 0.3) is 5.65 Å². The third-order valence-electron chi connectivity index (χ3n) is 3.17. The number of aromatic nitrogens is 5. The molecule has 1 fully saturated rings. The number of anilines is 1. The second-order valence-corrected chi connectivity index (χ2v) is 4.30. The Morgan fingerprint density at radius 3 is 3.22 bits per heavy atom. The van der Waals surface area contributed by atoms with Gasteiger partial charge in [-0.05, 0) is 23.8 Å². The van der Waals surface area contributed by atoms with Gasteiger partial charge in [0.05, 0.1) is 24.5 Å². The summed E-state index contributed by atoms with van der Waals surface area (Å²) in [6.07, 6.45) is 4.28. The van der Waals surface area contributed by atoms with E-state index in [0.717, 1.165) is 12.2 Å². The summed E-state index contributed by atoms with van der Waals surface area (Å²) >= 11 is 0. The molecule has 2 aromatic heterocycles. The van der Waals surface area contributed by atoms with Gasteiger partial charge in [0.1, 0.15) is 0 Å². The highest BCUT2D eigenvalue weighted by Gasteiger charge is 2.39. The predicted octanol–water partition coefficient (Wildman–Crippen LogP) is -0.564. The molecule has 0 saturated heterocycles. The summed E-state index contributed by atoms with van der Waals surface area (Å²) in [5.41, 5.74) is 6.58. The van der Waals surface area contributed by atoms with E-state index in [9.17, 15) is 0 Å². The number of nitrogens with zero attached hydrogens (tertiary/aromatic N) is 5. The summed E-state index contributed by atoms with van der Waals surface area (Å²) < 4.78 is 7.20. The quantitative estimate of drug-likeness (QED) is 0.748. The zero-order valence-electron chi connectivity index (χ0n) is 10.0. The lowest BCUT2D eigenvalue weighted by atomic mass is 9.83. The van der Waals surface area contributed by atoms with Crippen molar-refractivity contribution in [1.82, 2.24) is 25.0 Å². The molecule has 8 nitrogen and oxygen atoms in total. The lowest BCUT2D eigenvalue weighted by molar-refractivity contribution is -0.0127. The first-order valence-corrected chi connectivity index (χ1v) is 5.95. The number of hydrogen-bond donors (Lipinski definition) is 2. The van der Waals surface area contributed by atoms with Gasteiger partial charge in [0.15, 0.2) is 11.5 Å². The molecule has 0 aromatic carbocycles. The molecule has 3 N–H and O–H groups in total. The van der Waals surface area contributed by atoms with Gasteiger partial charge in [-0.3, -0.25) is 4.98 Å². The maximum atomic E-state index is 5.99. The summed E-state index contributed by atoms with van der Waals surface area (Å²) in [6.45, 7) is 2.66. The van der Waals surface area contributed by atoms with Crippen molar-refractivity contribution in [3.63, 3.8) is 0 Å². The Balaban J connectivity index is 1.81. The molecular formula is C10H15N7O. The highest BCUT2D eigenvalue weighted by atomic mass is 16.5. The maximum Gasteiger partial charge on any atom is 0.199 e. The number of nitrogens with one attached hydrogen (secondary N) is 1. The zero-order valence-corrected chi connectivity index (χ0v) is 10.0. The number of ether oxygens (including phenoxy) is 1. The van der Waals surface area contributed by atoms with Crippen LogP contribution in [-0.4, -0.2) is 49.8 Å². The summed E-state index contributed by atoms with van der Waals surface area (Å²) in [5, 5.41) is 14.6. The first-order valence-electron chi connectivity index (χ1n) is 5.95. The van der Waals surface area contributed by atoms with Crippen LogP contribution in [0.5, 0.6) is 0 Å². The van der Waals surface area contributed by atoms with Crippen molar-refractivity contribution >= 4 is 11.5 Å². The Bertz CT molecular complexity index is 540. The van der Waals surface area contributed by atoms with Crippen LogP contribution in [0.15, 0.2) is 12.4 Å². The smallest absolute Gasteiger partial charge is 0.199 e. The minimum absolute atomic E-state index is 0.0709. The minimum atomic E-state index is 0.0709. The molecule has 8 heteroatoms. The number of nitrogens with two attached hydrogens (primary N) is 1. The Labute approximate surface area is 104 Å². The number of hydrogen-bond acceptors (Lipinski definition) is 7. The van der Waals surface area contributed by atoms with E-state index < -0.39 is 0 Å². The van der Waals surface area contributed by atoms with Crippen LogP contribution in [0.3, 0.4) is 0 Å². The topological polar surface area (TPSA) is 103 Å². The molecule has 0 spiro atoms. The van der Waals surface area contributed by atoms with Crippen molar-refractivity contribution in [2.45, 2.75) is 31.5 Å². The van der Waals surface area contributed by atoms with E-state index in [-0.39, 0.29) is 18.2 Å². The van der Waals surface area contributed by atoms with E-state index in [1.165, 1.54) is 0 Å². The number of rotatable bonds is 4. The lowest BCUT2D eigenvalue weighted by Crippen LogP contribution is -2.60. The fraction of sp³-hybridized carbons (Fsp3) is 0.600. The van der Waals surface area contributed by atoms with E-state index in [2.05, 4.69) is 25.8 Å². The van der Waals surface area contributed by atoms with E-state index >= 15 is 0 Å². The molecule has 3 rings (SSSR count). The molecule has 2 heterocycles. The second kappa shape index (κ2) is 4.46. The van der Waals surface area contributed by atoms with Gasteiger partial charge in [-0.2, -0.15) is 4.52 Å². The van der Waals surface area contributed by atoms with E-state index in [0.29, 0.717) is 12.3 Å². The van der Waals surface area contributed by atoms with Gasteiger partial charge in [0.2, 0.25) is 0 Å². The van der Waals surface area contributed by atoms with Crippen LogP contribution < -0.4 is 11.1 Å². The lowest BCUT2D eigenvalue weighted by Gasteiger charge is -2.42. The average Bonchev–Trinajstić information content (AvgIpc) is 2.84. The number of tetrazole rings is 1. The first kappa shape index (κ1) is 11.3. The molecule has 1 aliphatic carbocycles. The third-order valence-corrected chi connectivity index (χ3v) is 3.17. The van der Waals surface area contributed by atoms with E-state index in [1.54, 1.807) is 16.9 Å². The molecule has 0 amide bonds. The molecule has 18 heavy (non-hydrogen) atoms. The van der Waals surface area contributed by atoms with Crippen molar-refractivity contribution < 1.29 is 4.74 Å². The van der Waals surface area contributed by atoms with Crippen molar-refractivity contribution in [1.29, 1.82) is 0 Å². The summed E-state index contributed by atoms with van der Waals surface area (Å²) in [6, 6.07) is 0.148. The third kappa shape index (κ3) is 1.79. The van der Waals surface area contributed by atoms with Gasteiger partial charge in [-0.15, -0.1) is 5.10 Å². The van der Waals surface area contributed by atoms with Gasteiger partial charge >= 0.3 is 0 Å². The predicted molar refractivity (Wildman–Crippen MR) is 64.0 cm³/mol. The Morgan fingerprint density at radius 1 is 1.56 bits per heavy atom. The van der Waals surface area contributed by atoms with Crippen molar-refractivity contribution in [3.8, 4) is 0 Å². The summed E-state index contributed by atoms with van der Waals surface area (Å²) in [5.74, 6) is 0.724. The van der Waals surface area contributed by atoms with Crippen molar-refractivity contribution in [2.24, 2.45) is 5.73 Å². The van der Waals surface area contributed by atoms with Gasteiger partial charge in [0, 0.05) is 12.6 Å². The molecule has 0 radical (unpaired) electrons. The fourth-order valence-corrected chi connectivity index (χ4v) is 2.17. The van der Waals surface area contributed by atoms with Crippen molar-refractivity contribution in [3.05, 3.63) is 12.4 Å². The first-order chi connectivity index (χ1) is 8.79. The molecule has 3 atom stereocenters. The van der Waals surface area contributed by atoms with Gasteiger partial charge in [-0.25, -0.2) is 0 Å². The van der Waals surface area contributed by atoms with Gasteiger partial charge < -0.3 is 15.8 Å². The second-order valence-electron chi connectivity index (χ2n) is 4.30. The molecule has 1 saturated carbocycles. The monoisotopic (exact) mass is 249 g/mol. The van der Waals surface area contributed by atoms with Gasteiger partial charge in [0.25, 0.3) is 0 Å². The zero-order chi connectivity index (χ0) is 12.5. The van der Waals surface area contributed by atoms with E-state index in [4.69, 9.17) is 10.5 Å². The van der Waals surface area contributed by atoms with Crippen LogP contribution >= 0.6 is 0 Å². The molecule has 1 aliphatic rings. The van der Waals surface area contributed by atoms with Crippen LogP contribution in [0.1, 0.15) is 13.3 Å². The maximum absolute atomic E-state index is 5.99. The highest BCUT2D eigenvalue weighted by molar-refractivity contribution is 5.45. The summed E-state index contributed by atoms with van der Waals surface area (Å²) in [7, 11) is 0. The van der Waals surface area contributed by atoms with E-state index in [1.807, 2.05) is 6.92 Å². The molecule has 3 unspecified atom stereocenters. The Morgan fingerprint density at radius 2 is 2.44 bits per heavy atom. The normalized spacial score (nSPS) is 27.1. The molecular weight excluding hydrogens is 234 g/mol. The average molecular weight is 249 g/mol. The molecule has 0 bridgehead atoms. The highest BCUT2D eigenvalue weighted by Crippen LogP contribution is 2.25. The van der Waals surface area contributed by atoms with Crippen LogP contribution in [0.4, 0.5) is 5.82 Å². The van der Waals surface area contributed by atoms with Crippen LogP contribution in [0, 0.1) is 0 Å². The molecule has 2 aromatic rings. The van der Waals surface area contributed by atoms with Crippen molar-refractivity contribution in [2.75, 3.05) is 11.9 Å². The summed E-state index contributed by atoms with van der Waals surface area (Å²) in [4.78, 5) is 4.09. The Hall–Kier alpha value is -1.80. The largest absolute Gasteiger partial charge is 0.376 e. The minimum Gasteiger partial charge on any atom is -0.376 e. The standard InChI is InChI=1S/C10H15N7O/c1-2-18-7-3-6(11)10(7)13-8-4-12-5-9-14-15-16-17(8)9/h4-7,10,13H,2-3,11H2,1H3. The number of fused-ring (bicyclic) bond motifs is 1. The fourth-order valence-electron chi connectivity index (χ4n) is 2.17. The van der Waals surface area contributed by atoms with Crippen LogP contribution in [0.2, 0.25) is 0 Å². The van der Waals surface area contributed by atoms with Crippen LogP contribution in [-0.2, 0) is 4.74 Å². The van der Waals surface area contributed by atoms with Gasteiger partial charge in [-0.1, -0.05) is 0 Å². The SMILES string of the molecule is CCOC1CC(N)C1Nc1cncc2nnnn12. The Kier molecular flexibility index (Phi) is 2.80. The molecule has 96 valence electrons. The molecule has 0 aliphatic heterocycles.